The number of alkyl halides is 8. The molecular weight excluding hydrogens is 544 g/mol. The number of nitrogens with zero attached hydrogens (tertiary/aromatic N) is 1. The van der Waals surface area contributed by atoms with Gasteiger partial charge in [-0.1, -0.05) is 12.1 Å². The number of aromatic hydroxyl groups is 1. The molecule has 2 N–H and O–H groups in total. The van der Waals surface area contributed by atoms with Crippen LogP contribution in [0, 0.1) is 0 Å². The highest BCUT2D eigenvalue weighted by atomic mass is 19.4. The van der Waals surface area contributed by atoms with Crippen LogP contribution in [0.5, 0.6) is 23.1 Å². The van der Waals surface area contributed by atoms with Crippen LogP contribution in [-0.2, 0) is 0 Å². The fraction of sp³-hybridized carbons (Fsp3) is 0.120. The van der Waals surface area contributed by atoms with Gasteiger partial charge in [-0.15, -0.1) is 26.3 Å². The van der Waals surface area contributed by atoms with Gasteiger partial charge < -0.3 is 24.6 Å². The van der Waals surface area contributed by atoms with E-state index in [1.165, 1.54) is 59.2 Å². The second-order valence-electron chi connectivity index (χ2n) is 7.75. The molecular formula is C25H16F8N2O4. The molecule has 0 amide bonds. The zero-order chi connectivity index (χ0) is 28.4. The van der Waals surface area contributed by atoms with Gasteiger partial charge in [0, 0.05) is 16.9 Å². The van der Waals surface area contributed by atoms with E-state index in [1.807, 2.05) is 0 Å². The number of aromatic nitrogens is 1. The number of rotatable bonds is 8. The minimum Gasteiger partial charge on any atom is -0.493 e. The maximum atomic E-state index is 12.7. The fourth-order valence-electron chi connectivity index (χ4n) is 3.59. The highest BCUT2D eigenvalue weighted by molar-refractivity contribution is 5.77. The molecule has 0 saturated carbocycles. The Morgan fingerprint density at radius 2 is 1.28 bits per heavy atom. The third-order valence-electron chi connectivity index (χ3n) is 5.03. The Morgan fingerprint density at radius 1 is 0.718 bits per heavy atom. The van der Waals surface area contributed by atoms with Gasteiger partial charge in [0.05, 0.1) is 5.69 Å². The van der Waals surface area contributed by atoms with E-state index in [2.05, 4.69) is 19.5 Å². The number of halogens is 8. The summed E-state index contributed by atoms with van der Waals surface area (Å²) in [7, 11) is 0. The molecule has 0 aliphatic rings. The molecule has 0 unspecified atom stereocenters. The van der Waals surface area contributed by atoms with Crippen LogP contribution in [0.15, 0.2) is 78.9 Å². The lowest BCUT2D eigenvalue weighted by Gasteiger charge is -2.14. The van der Waals surface area contributed by atoms with Crippen LogP contribution < -0.4 is 19.5 Å². The zero-order valence-electron chi connectivity index (χ0n) is 19.2. The van der Waals surface area contributed by atoms with Crippen molar-refractivity contribution in [3.8, 4) is 40.1 Å². The van der Waals surface area contributed by atoms with Gasteiger partial charge in [0.15, 0.2) is 0 Å². The predicted octanol–water partition coefficient (Wildman–Crippen LogP) is 7.99. The van der Waals surface area contributed by atoms with Gasteiger partial charge in [-0.2, -0.15) is 8.78 Å². The molecule has 0 bridgehead atoms. The summed E-state index contributed by atoms with van der Waals surface area (Å²) < 4.78 is 114. The number of benzene rings is 3. The van der Waals surface area contributed by atoms with E-state index in [4.69, 9.17) is 0 Å². The molecule has 0 radical (unpaired) electrons. The van der Waals surface area contributed by atoms with Crippen molar-refractivity contribution < 1.29 is 54.4 Å². The van der Waals surface area contributed by atoms with Gasteiger partial charge in [0.1, 0.15) is 22.9 Å². The standard InChI is InChI=1S/C25H16F8N2O4/c26-23(27)37-19-3-1-2-14(12-19)21-13-20(34-15-4-8-17(9-5-15)38-24(28,29)30)22(36)35(21)16-6-10-18(11-7-16)39-25(31,32)33/h1-13,23,34,36H. The zero-order valence-corrected chi connectivity index (χ0v) is 19.2. The van der Waals surface area contributed by atoms with Crippen LogP contribution in [0.3, 0.4) is 0 Å². The molecule has 206 valence electrons. The van der Waals surface area contributed by atoms with E-state index in [-0.39, 0.29) is 34.1 Å². The molecule has 1 aromatic heterocycles. The molecule has 4 rings (SSSR count). The molecule has 4 aromatic rings. The lowest BCUT2D eigenvalue weighted by atomic mass is 10.1. The Kier molecular flexibility index (Phi) is 7.47. The Morgan fingerprint density at radius 3 is 1.82 bits per heavy atom. The number of anilines is 2. The minimum absolute atomic E-state index is 0.0327. The van der Waals surface area contributed by atoms with Crippen molar-refractivity contribution >= 4 is 11.4 Å². The molecule has 0 spiro atoms. The molecule has 39 heavy (non-hydrogen) atoms. The molecule has 6 nitrogen and oxygen atoms in total. The number of hydrogen-bond donors (Lipinski definition) is 2. The normalized spacial score (nSPS) is 11.9. The first-order valence-electron chi connectivity index (χ1n) is 10.8. The van der Waals surface area contributed by atoms with E-state index >= 15 is 0 Å². The summed E-state index contributed by atoms with van der Waals surface area (Å²) >= 11 is 0. The van der Waals surface area contributed by atoms with Gasteiger partial charge in [-0.25, -0.2) is 0 Å². The van der Waals surface area contributed by atoms with Gasteiger partial charge in [0.25, 0.3) is 0 Å². The first kappa shape index (κ1) is 27.4. The average molecular weight is 560 g/mol. The molecule has 3 aromatic carbocycles. The molecule has 1 heterocycles. The summed E-state index contributed by atoms with van der Waals surface area (Å²) in [4.78, 5) is 0. The summed E-state index contributed by atoms with van der Waals surface area (Å²) in [5.74, 6) is -1.65. The van der Waals surface area contributed by atoms with E-state index in [0.717, 1.165) is 24.3 Å². The maximum Gasteiger partial charge on any atom is 0.573 e. The Hall–Kier alpha value is -4.62. The van der Waals surface area contributed by atoms with Crippen LogP contribution >= 0.6 is 0 Å². The second-order valence-corrected chi connectivity index (χ2v) is 7.75. The lowest BCUT2D eigenvalue weighted by molar-refractivity contribution is -0.275. The van der Waals surface area contributed by atoms with Gasteiger partial charge in [0.2, 0.25) is 5.88 Å². The van der Waals surface area contributed by atoms with Gasteiger partial charge in [-0.3, -0.25) is 4.57 Å². The first-order chi connectivity index (χ1) is 18.3. The quantitative estimate of drug-likeness (QED) is 0.214. The van der Waals surface area contributed by atoms with E-state index in [9.17, 15) is 40.2 Å². The fourth-order valence-corrected chi connectivity index (χ4v) is 3.59. The smallest absolute Gasteiger partial charge is 0.493 e. The second kappa shape index (κ2) is 10.6. The first-order valence-corrected chi connectivity index (χ1v) is 10.8. The Bertz CT molecular complexity index is 1420. The van der Waals surface area contributed by atoms with Crippen LogP contribution in [0.4, 0.5) is 46.5 Å². The highest BCUT2D eigenvalue weighted by Crippen LogP contribution is 2.40. The molecule has 14 heteroatoms. The largest absolute Gasteiger partial charge is 0.573 e. The van der Waals surface area contributed by atoms with E-state index < -0.39 is 36.7 Å². The number of hydrogen-bond acceptors (Lipinski definition) is 5. The summed E-state index contributed by atoms with van der Waals surface area (Å²) in [6.07, 6.45) is -9.81. The third-order valence-corrected chi connectivity index (χ3v) is 5.03. The van der Waals surface area contributed by atoms with Crippen LogP contribution in [0.1, 0.15) is 0 Å². The van der Waals surface area contributed by atoms with Crippen molar-refractivity contribution in [2.45, 2.75) is 19.3 Å². The van der Waals surface area contributed by atoms with Gasteiger partial charge >= 0.3 is 19.3 Å². The van der Waals surface area contributed by atoms with Crippen molar-refractivity contribution in [1.82, 2.24) is 4.57 Å². The highest BCUT2D eigenvalue weighted by Gasteiger charge is 2.32. The molecule has 0 atom stereocenters. The minimum atomic E-state index is -4.93. The third kappa shape index (κ3) is 7.24. The molecule has 0 aliphatic heterocycles. The number of ether oxygens (including phenoxy) is 3. The van der Waals surface area contributed by atoms with E-state index in [0.29, 0.717) is 0 Å². The van der Waals surface area contributed by atoms with Crippen molar-refractivity contribution in [3.63, 3.8) is 0 Å². The van der Waals surface area contributed by atoms with E-state index in [1.54, 1.807) is 0 Å². The van der Waals surface area contributed by atoms with Crippen molar-refractivity contribution in [1.29, 1.82) is 0 Å². The molecule has 0 saturated heterocycles. The topological polar surface area (TPSA) is 64.9 Å². The molecule has 0 fully saturated rings. The van der Waals surface area contributed by atoms with Crippen LogP contribution in [0.2, 0.25) is 0 Å². The number of nitrogens with one attached hydrogen (secondary N) is 1. The maximum absolute atomic E-state index is 12.7. The van der Waals surface area contributed by atoms with Crippen molar-refractivity contribution in [3.05, 3.63) is 78.9 Å². The van der Waals surface area contributed by atoms with Crippen LogP contribution in [0.25, 0.3) is 16.9 Å². The van der Waals surface area contributed by atoms with Gasteiger partial charge in [-0.05, 0) is 66.7 Å². The van der Waals surface area contributed by atoms with Crippen LogP contribution in [-0.4, -0.2) is 29.0 Å². The van der Waals surface area contributed by atoms with Crippen molar-refractivity contribution in [2.75, 3.05) is 5.32 Å². The Labute approximate surface area is 214 Å². The summed E-state index contributed by atoms with van der Waals surface area (Å²) in [5, 5.41) is 13.8. The van der Waals surface area contributed by atoms with Crippen molar-refractivity contribution in [2.24, 2.45) is 0 Å². The SMILES string of the molecule is Oc1c(Nc2ccc(OC(F)(F)F)cc2)cc(-c2cccc(OC(F)F)c2)n1-c1ccc(OC(F)(F)F)cc1. The summed E-state index contributed by atoms with van der Waals surface area (Å²) in [6.45, 7) is -3.11. The molecule has 0 aliphatic carbocycles. The predicted molar refractivity (Wildman–Crippen MR) is 123 cm³/mol. The Balaban J connectivity index is 1.73. The monoisotopic (exact) mass is 560 g/mol. The summed E-state index contributed by atoms with van der Waals surface area (Å²) in [5.41, 5.74) is 0.925. The lowest BCUT2D eigenvalue weighted by Crippen LogP contribution is -2.17. The summed E-state index contributed by atoms with van der Waals surface area (Å²) in [6, 6.07) is 15.9. The average Bonchev–Trinajstić information content (AvgIpc) is 3.14.